The Morgan fingerprint density at radius 3 is 2.64 bits per heavy atom. The predicted molar refractivity (Wildman–Crippen MR) is 103 cm³/mol. The Morgan fingerprint density at radius 1 is 1.32 bits per heavy atom. The number of amides is 2. The summed E-state index contributed by atoms with van der Waals surface area (Å²) in [6, 6.07) is -0.985. The van der Waals surface area contributed by atoms with Gasteiger partial charge in [0, 0.05) is 25.7 Å². The van der Waals surface area contributed by atoms with Crippen LogP contribution in [-0.2, 0) is 19.1 Å². The molecule has 2 rings (SSSR count). The lowest BCUT2D eigenvalue weighted by Crippen LogP contribution is -2.49. The van der Waals surface area contributed by atoms with Gasteiger partial charge in [0.15, 0.2) is 5.96 Å². The lowest BCUT2D eigenvalue weighted by Gasteiger charge is -2.33. The zero-order valence-electron chi connectivity index (χ0n) is 16.5. The van der Waals surface area contributed by atoms with Crippen LogP contribution in [0.2, 0.25) is 0 Å². The molecule has 2 amide bonds. The summed E-state index contributed by atoms with van der Waals surface area (Å²) in [5.41, 5.74) is 11.5. The molecule has 1 aliphatic carbocycles. The normalized spacial score (nSPS) is 20.2. The molecule has 0 unspecified atom stereocenters. The van der Waals surface area contributed by atoms with E-state index in [0.717, 1.165) is 32.2 Å². The second kappa shape index (κ2) is 10.3. The van der Waals surface area contributed by atoms with Crippen molar-refractivity contribution >= 4 is 23.7 Å². The molecule has 0 spiro atoms. The third kappa shape index (κ3) is 6.66. The minimum atomic E-state index is -0.991. The van der Waals surface area contributed by atoms with Gasteiger partial charge in [0.1, 0.15) is 6.54 Å². The number of rotatable bonds is 9. The fraction of sp³-hybridized carbons (Fsp3) is 0.778. The average molecular weight is 396 g/mol. The highest BCUT2D eigenvalue weighted by atomic mass is 16.5. The molecule has 1 heterocycles. The monoisotopic (exact) mass is 396 g/mol. The van der Waals surface area contributed by atoms with Gasteiger partial charge in [-0.05, 0) is 38.5 Å². The van der Waals surface area contributed by atoms with Crippen molar-refractivity contribution in [3.05, 3.63) is 0 Å². The largest absolute Gasteiger partial charge is 0.465 e. The van der Waals surface area contributed by atoms with Gasteiger partial charge in [0.2, 0.25) is 11.8 Å². The third-order valence-corrected chi connectivity index (χ3v) is 5.05. The molecule has 1 saturated heterocycles. The highest BCUT2D eigenvalue weighted by Gasteiger charge is 2.36. The van der Waals surface area contributed by atoms with Crippen molar-refractivity contribution in [1.82, 2.24) is 15.1 Å². The van der Waals surface area contributed by atoms with Crippen LogP contribution in [0.5, 0.6) is 0 Å². The van der Waals surface area contributed by atoms with E-state index in [4.69, 9.17) is 21.6 Å². The van der Waals surface area contributed by atoms with E-state index in [-0.39, 0.29) is 43.4 Å². The summed E-state index contributed by atoms with van der Waals surface area (Å²) >= 11 is 0. The molecule has 0 aromatic carbocycles. The first kappa shape index (κ1) is 21.9. The van der Waals surface area contributed by atoms with Crippen molar-refractivity contribution in [1.29, 1.82) is 5.41 Å². The van der Waals surface area contributed by atoms with E-state index in [9.17, 15) is 14.4 Å². The number of guanidine groups is 1. The Labute approximate surface area is 165 Å². The number of ether oxygens (including phenoxy) is 1. The van der Waals surface area contributed by atoms with Gasteiger partial charge >= 0.3 is 5.97 Å². The maximum absolute atomic E-state index is 12.6. The number of piperidine rings is 1. The summed E-state index contributed by atoms with van der Waals surface area (Å²) in [6.07, 6.45) is 3.40. The van der Waals surface area contributed by atoms with Crippen LogP contribution in [0.1, 0.15) is 39.0 Å². The molecule has 2 aliphatic rings. The molecule has 10 nitrogen and oxygen atoms in total. The molecule has 158 valence electrons. The van der Waals surface area contributed by atoms with Gasteiger partial charge in [-0.1, -0.05) is 0 Å². The molecule has 10 heteroatoms. The Bertz CT molecular complexity index is 595. The third-order valence-electron chi connectivity index (χ3n) is 5.05. The van der Waals surface area contributed by atoms with Gasteiger partial charge in [-0.25, -0.2) is 0 Å². The van der Waals surface area contributed by atoms with Gasteiger partial charge in [-0.15, -0.1) is 0 Å². The summed E-state index contributed by atoms with van der Waals surface area (Å²) in [4.78, 5) is 39.8. The van der Waals surface area contributed by atoms with E-state index in [0.29, 0.717) is 13.1 Å². The van der Waals surface area contributed by atoms with Crippen LogP contribution in [0.4, 0.5) is 0 Å². The Kier molecular flexibility index (Phi) is 8.04. The number of nitrogens with two attached hydrogens (primary N) is 2. The lowest BCUT2D eigenvalue weighted by molar-refractivity contribution is -0.149. The summed E-state index contributed by atoms with van der Waals surface area (Å²) in [5, 5.41) is 10.3. The van der Waals surface area contributed by atoms with Crippen LogP contribution >= 0.6 is 0 Å². The van der Waals surface area contributed by atoms with Crippen molar-refractivity contribution in [2.45, 2.75) is 51.1 Å². The fourth-order valence-electron chi connectivity index (χ4n) is 3.40. The van der Waals surface area contributed by atoms with Crippen LogP contribution < -0.4 is 16.8 Å². The number of carbonyl (C=O) groups excluding carboxylic acids is 3. The molecule has 0 aromatic heterocycles. The van der Waals surface area contributed by atoms with E-state index >= 15 is 0 Å². The number of esters is 1. The van der Waals surface area contributed by atoms with Crippen LogP contribution in [0, 0.1) is 11.3 Å². The van der Waals surface area contributed by atoms with Crippen molar-refractivity contribution in [2.75, 3.05) is 32.8 Å². The van der Waals surface area contributed by atoms with E-state index in [1.807, 2.05) is 0 Å². The summed E-state index contributed by atoms with van der Waals surface area (Å²) < 4.78 is 4.91. The fourth-order valence-corrected chi connectivity index (χ4v) is 3.40. The molecular formula is C18H32N6O4. The zero-order chi connectivity index (χ0) is 20.7. The van der Waals surface area contributed by atoms with Gasteiger partial charge in [0.25, 0.3) is 0 Å². The maximum atomic E-state index is 12.6. The van der Waals surface area contributed by atoms with Crippen molar-refractivity contribution < 1.29 is 19.1 Å². The standard InChI is InChI=1S/C18H32N6O4/c1-2-28-16(26)11-24(13-5-6-13)17(27)14(19)8-15(25)22-9-12-4-3-7-23(10-12)18(20)21/h12-14H,2-11,19H2,1H3,(H3,20,21)(H,22,25)/t12-,14-/m0/s1. The first-order chi connectivity index (χ1) is 13.3. The first-order valence-corrected chi connectivity index (χ1v) is 9.89. The van der Waals surface area contributed by atoms with Crippen molar-refractivity contribution in [2.24, 2.45) is 17.4 Å². The molecule has 6 N–H and O–H groups in total. The number of hydrogen-bond acceptors (Lipinski definition) is 6. The minimum Gasteiger partial charge on any atom is -0.465 e. The van der Waals surface area contributed by atoms with Gasteiger partial charge in [-0.3, -0.25) is 19.8 Å². The Hall–Kier alpha value is -2.36. The predicted octanol–water partition coefficient (Wildman–Crippen LogP) is -1.02. The zero-order valence-corrected chi connectivity index (χ0v) is 16.5. The Balaban J connectivity index is 1.77. The second-order valence-corrected chi connectivity index (χ2v) is 7.46. The number of hydrogen-bond donors (Lipinski definition) is 4. The quantitative estimate of drug-likeness (QED) is 0.221. The maximum Gasteiger partial charge on any atom is 0.325 e. The van der Waals surface area contributed by atoms with E-state index < -0.39 is 17.9 Å². The molecular weight excluding hydrogens is 364 g/mol. The number of nitrogens with zero attached hydrogens (tertiary/aromatic N) is 2. The Morgan fingerprint density at radius 2 is 2.04 bits per heavy atom. The molecule has 0 bridgehead atoms. The molecule has 0 aromatic rings. The van der Waals surface area contributed by atoms with Gasteiger partial charge in [-0.2, -0.15) is 0 Å². The second-order valence-electron chi connectivity index (χ2n) is 7.46. The summed E-state index contributed by atoms with van der Waals surface area (Å²) in [6.45, 7) is 3.68. The topological polar surface area (TPSA) is 155 Å². The highest BCUT2D eigenvalue weighted by Crippen LogP contribution is 2.27. The SMILES string of the molecule is CCOC(=O)CN(C(=O)[C@@H](N)CC(=O)NC[C@@H]1CCCN(C(=N)N)C1)C1CC1. The van der Waals surface area contributed by atoms with E-state index in [1.54, 1.807) is 11.8 Å². The highest BCUT2D eigenvalue weighted by molar-refractivity contribution is 5.90. The van der Waals surface area contributed by atoms with Crippen molar-refractivity contribution in [3.8, 4) is 0 Å². The molecule has 2 fully saturated rings. The summed E-state index contributed by atoms with van der Waals surface area (Å²) in [5.74, 6) is -0.906. The smallest absolute Gasteiger partial charge is 0.325 e. The van der Waals surface area contributed by atoms with Gasteiger partial charge < -0.3 is 31.3 Å². The first-order valence-electron chi connectivity index (χ1n) is 9.89. The van der Waals surface area contributed by atoms with Crippen LogP contribution in [-0.4, -0.2) is 78.4 Å². The average Bonchev–Trinajstić information content (AvgIpc) is 3.49. The summed E-state index contributed by atoms with van der Waals surface area (Å²) in [7, 11) is 0. The van der Waals surface area contributed by atoms with E-state index in [2.05, 4.69) is 5.32 Å². The number of likely N-dealkylation sites (tertiary alicyclic amines) is 1. The minimum absolute atomic E-state index is 0.00539. The van der Waals surface area contributed by atoms with Crippen LogP contribution in [0.15, 0.2) is 0 Å². The number of nitrogens with one attached hydrogen (secondary N) is 2. The van der Waals surface area contributed by atoms with Crippen LogP contribution in [0.25, 0.3) is 0 Å². The lowest BCUT2D eigenvalue weighted by atomic mass is 9.98. The van der Waals surface area contributed by atoms with Gasteiger partial charge in [0.05, 0.1) is 19.1 Å². The molecule has 1 saturated carbocycles. The molecule has 28 heavy (non-hydrogen) atoms. The van der Waals surface area contributed by atoms with Crippen LogP contribution in [0.3, 0.4) is 0 Å². The number of carbonyl (C=O) groups is 3. The van der Waals surface area contributed by atoms with E-state index in [1.165, 1.54) is 4.90 Å². The van der Waals surface area contributed by atoms with Crippen molar-refractivity contribution in [3.63, 3.8) is 0 Å². The molecule has 2 atom stereocenters. The molecule has 1 aliphatic heterocycles. The molecule has 0 radical (unpaired) electrons.